The van der Waals surface area contributed by atoms with E-state index in [4.69, 9.17) is 10.5 Å². The van der Waals surface area contributed by atoms with Gasteiger partial charge in [-0.25, -0.2) is 0 Å². The van der Waals surface area contributed by atoms with Gasteiger partial charge in [-0.3, -0.25) is 9.78 Å². The first-order chi connectivity index (χ1) is 7.88. The zero-order chi connectivity index (χ0) is 12.9. The van der Waals surface area contributed by atoms with Crippen LogP contribution in [0, 0.1) is 0 Å². The first-order valence-corrected chi connectivity index (χ1v) is 5.52. The molecule has 1 aromatic heterocycles. The van der Waals surface area contributed by atoms with Gasteiger partial charge in [0.15, 0.2) is 6.10 Å². The van der Waals surface area contributed by atoms with E-state index >= 15 is 0 Å². The Labute approximate surface area is 101 Å². The standard InChI is InChI=1S/C12H19N3O2/c1-9(11(16)15-8-12(2,3)13)17-10-5-4-6-14-7-10/h4-7,9H,8,13H2,1-3H3,(H,15,16). The summed E-state index contributed by atoms with van der Waals surface area (Å²) in [5.74, 6) is 0.384. The highest BCUT2D eigenvalue weighted by Crippen LogP contribution is 2.08. The van der Waals surface area contributed by atoms with E-state index in [9.17, 15) is 4.79 Å². The number of nitrogens with two attached hydrogens (primary N) is 1. The second-order valence-corrected chi connectivity index (χ2v) is 4.66. The fraction of sp³-hybridized carbons (Fsp3) is 0.500. The number of ether oxygens (including phenoxy) is 1. The zero-order valence-corrected chi connectivity index (χ0v) is 10.4. The number of hydrogen-bond acceptors (Lipinski definition) is 4. The van der Waals surface area contributed by atoms with Crippen LogP contribution in [0.3, 0.4) is 0 Å². The van der Waals surface area contributed by atoms with Crippen molar-refractivity contribution in [3.05, 3.63) is 24.5 Å². The van der Waals surface area contributed by atoms with Gasteiger partial charge in [-0.1, -0.05) is 0 Å². The fourth-order valence-electron chi connectivity index (χ4n) is 1.13. The predicted molar refractivity (Wildman–Crippen MR) is 65.6 cm³/mol. The van der Waals surface area contributed by atoms with Gasteiger partial charge in [-0.15, -0.1) is 0 Å². The minimum atomic E-state index is -0.568. The summed E-state index contributed by atoms with van der Waals surface area (Å²) >= 11 is 0. The van der Waals surface area contributed by atoms with Crippen molar-refractivity contribution in [2.24, 2.45) is 5.73 Å². The van der Waals surface area contributed by atoms with Gasteiger partial charge in [0, 0.05) is 18.3 Å². The molecule has 0 radical (unpaired) electrons. The van der Waals surface area contributed by atoms with Crippen LogP contribution in [-0.2, 0) is 4.79 Å². The van der Waals surface area contributed by atoms with Crippen LogP contribution >= 0.6 is 0 Å². The van der Waals surface area contributed by atoms with Crippen molar-refractivity contribution in [2.45, 2.75) is 32.4 Å². The zero-order valence-electron chi connectivity index (χ0n) is 10.4. The van der Waals surface area contributed by atoms with Crippen molar-refractivity contribution in [3.63, 3.8) is 0 Å². The molecule has 0 saturated carbocycles. The van der Waals surface area contributed by atoms with Gasteiger partial charge in [-0.05, 0) is 32.9 Å². The second-order valence-electron chi connectivity index (χ2n) is 4.66. The third-order valence-corrected chi connectivity index (χ3v) is 2.03. The van der Waals surface area contributed by atoms with Gasteiger partial charge in [-0.2, -0.15) is 0 Å². The number of carbonyl (C=O) groups is 1. The van der Waals surface area contributed by atoms with Crippen LogP contribution in [0.2, 0.25) is 0 Å². The molecule has 0 aliphatic carbocycles. The Morgan fingerprint density at radius 2 is 2.35 bits per heavy atom. The average Bonchev–Trinajstić information content (AvgIpc) is 2.26. The number of aromatic nitrogens is 1. The van der Waals surface area contributed by atoms with Gasteiger partial charge in [0.25, 0.3) is 5.91 Å². The third-order valence-electron chi connectivity index (χ3n) is 2.03. The number of amides is 1. The van der Waals surface area contributed by atoms with Gasteiger partial charge >= 0.3 is 0 Å². The van der Waals surface area contributed by atoms with E-state index in [1.54, 1.807) is 31.5 Å². The molecule has 5 heteroatoms. The summed E-state index contributed by atoms with van der Waals surface area (Å²) in [4.78, 5) is 15.6. The van der Waals surface area contributed by atoms with Crippen LogP contribution in [0.15, 0.2) is 24.5 Å². The Hall–Kier alpha value is -1.62. The summed E-state index contributed by atoms with van der Waals surface area (Å²) in [5.41, 5.74) is 5.34. The van der Waals surface area contributed by atoms with Crippen molar-refractivity contribution in [3.8, 4) is 5.75 Å². The van der Waals surface area contributed by atoms with Crippen LogP contribution in [0.5, 0.6) is 5.75 Å². The van der Waals surface area contributed by atoms with Crippen LogP contribution in [-0.4, -0.2) is 29.1 Å². The molecule has 1 heterocycles. The first-order valence-electron chi connectivity index (χ1n) is 5.52. The molecule has 5 nitrogen and oxygen atoms in total. The fourth-order valence-corrected chi connectivity index (χ4v) is 1.13. The number of nitrogens with zero attached hydrogens (tertiary/aromatic N) is 1. The minimum absolute atomic E-state index is 0.188. The Kier molecular flexibility index (Phi) is 4.45. The summed E-state index contributed by atoms with van der Waals surface area (Å²) < 4.78 is 5.43. The van der Waals surface area contributed by atoms with Crippen molar-refractivity contribution >= 4 is 5.91 Å². The highest BCUT2D eigenvalue weighted by Gasteiger charge is 2.17. The molecule has 1 amide bonds. The Bertz CT molecular complexity index is 360. The monoisotopic (exact) mass is 237 g/mol. The Morgan fingerprint density at radius 3 is 2.88 bits per heavy atom. The van der Waals surface area contributed by atoms with Crippen molar-refractivity contribution < 1.29 is 9.53 Å². The molecule has 1 aromatic rings. The topological polar surface area (TPSA) is 77.2 Å². The molecule has 0 fully saturated rings. The van der Waals surface area contributed by atoms with Crippen LogP contribution in [0.25, 0.3) is 0 Å². The lowest BCUT2D eigenvalue weighted by atomic mass is 10.1. The number of rotatable bonds is 5. The van der Waals surface area contributed by atoms with Crippen molar-refractivity contribution in [1.29, 1.82) is 0 Å². The number of pyridine rings is 1. The predicted octanol–water partition coefficient (Wildman–Crippen LogP) is 0.702. The molecule has 1 unspecified atom stereocenters. The van der Waals surface area contributed by atoms with Gasteiger partial charge < -0.3 is 15.8 Å². The van der Waals surface area contributed by atoms with Gasteiger partial charge in [0.2, 0.25) is 0 Å². The summed E-state index contributed by atoms with van der Waals surface area (Å²) in [6, 6.07) is 3.51. The number of carbonyl (C=O) groups excluding carboxylic acids is 1. The van der Waals surface area contributed by atoms with E-state index in [0.29, 0.717) is 12.3 Å². The Morgan fingerprint density at radius 1 is 1.65 bits per heavy atom. The second kappa shape index (κ2) is 5.63. The molecule has 1 atom stereocenters. The lowest BCUT2D eigenvalue weighted by molar-refractivity contribution is -0.127. The van der Waals surface area contributed by atoms with Gasteiger partial charge in [0.05, 0.1) is 6.20 Å². The lowest BCUT2D eigenvalue weighted by Gasteiger charge is -2.21. The molecule has 0 bridgehead atoms. The van der Waals surface area contributed by atoms with E-state index in [1.807, 2.05) is 13.8 Å². The minimum Gasteiger partial charge on any atom is -0.479 e. The lowest BCUT2D eigenvalue weighted by Crippen LogP contribution is -2.48. The summed E-state index contributed by atoms with van der Waals surface area (Å²) in [7, 11) is 0. The first kappa shape index (κ1) is 13.4. The van der Waals surface area contributed by atoms with Gasteiger partial charge in [0.1, 0.15) is 5.75 Å². The van der Waals surface area contributed by atoms with Crippen molar-refractivity contribution in [2.75, 3.05) is 6.54 Å². The smallest absolute Gasteiger partial charge is 0.260 e. The SMILES string of the molecule is CC(Oc1cccnc1)C(=O)NCC(C)(C)N. The summed E-state index contributed by atoms with van der Waals surface area (Å²) in [6.45, 7) is 5.79. The molecule has 0 aromatic carbocycles. The molecule has 0 saturated heterocycles. The quantitative estimate of drug-likeness (QED) is 0.790. The highest BCUT2D eigenvalue weighted by atomic mass is 16.5. The van der Waals surface area contributed by atoms with Crippen LogP contribution < -0.4 is 15.8 Å². The average molecular weight is 237 g/mol. The van der Waals surface area contributed by atoms with E-state index in [0.717, 1.165) is 0 Å². The maximum atomic E-state index is 11.7. The number of nitrogens with one attached hydrogen (secondary N) is 1. The molecule has 17 heavy (non-hydrogen) atoms. The highest BCUT2D eigenvalue weighted by molar-refractivity contribution is 5.80. The summed E-state index contributed by atoms with van der Waals surface area (Å²) in [6.07, 6.45) is 2.65. The van der Waals surface area contributed by atoms with Crippen LogP contribution in [0.4, 0.5) is 0 Å². The largest absolute Gasteiger partial charge is 0.479 e. The Balaban J connectivity index is 2.43. The van der Waals surface area contributed by atoms with E-state index in [1.165, 1.54) is 0 Å². The molecule has 0 aliphatic heterocycles. The van der Waals surface area contributed by atoms with Crippen molar-refractivity contribution in [1.82, 2.24) is 10.3 Å². The molecule has 0 spiro atoms. The normalized spacial score (nSPS) is 12.9. The maximum absolute atomic E-state index is 11.7. The molecular weight excluding hydrogens is 218 g/mol. The summed E-state index contributed by atoms with van der Waals surface area (Å²) in [5, 5.41) is 2.73. The van der Waals surface area contributed by atoms with E-state index in [-0.39, 0.29) is 5.91 Å². The van der Waals surface area contributed by atoms with E-state index in [2.05, 4.69) is 10.3 Å². The molecule has 0 aliphatic rings. The number of hydrogen-bond donors (Lipinski definition) is 2. The van der Waals surface area contributed by atoms with E-state index < -0.39 is 11.6 Å². The van der Waals surface area contributed by atoms with Crippen LogP contribution in [0.1, 0.15) is 20.8 Å². The molecule has 1 rings (SSSR count). The maximum Gasteiger partial charge on any atom is 0.260 e. The molecule has 94 valence electrons. The molecular formula is C12H19N3O2. The third kappa shape index (κ3) is 5.31. The molecule has 3 N–H and O–H groups in total.